The molecular formula is C24H25F4N5O2S. The van der Waals surface area contributed by atoms with Crippen LogP contribution in [0.4, 0.5) is 17.6 Å². The number of hydrogen-bond acceptors (Lipinski definition) is 7. The number of likely N-dealkylation sites (tertiary alicyclic amines) is 1. The number of carbonyl (C=O) groups excluding carboxylic acids is 1. The highest BCUT2D eigenvalue weighted by Crippen LogP contribution is 2.31. The van der Waals surface area contributed by atoms with Crippen LogP contribution < -0.4 is 10.1 Å². The van der Waals surface area contributed by atoms with Gasteiger partial charge >= 0.3 is 6.18 Å². The van der Waals surface area contributed by atoms with Crippen molar-refractivity contribution in [3.05, 3.63) is 58.6 Å². The van der Waals surface area contributed by atoms with E-state index in [1.54, 1.807) is 25.3 Å². The van der Waals surface area contributed by atoms with Gasteiger partial charge in [-0.05, 0) is 45.5 Å². The molecule has 1 aliphatic rings. The van der Waals surface area contributed by atoms with Crippen molar-refractivity contribution in [2.45, 2.75) is 44.8 Å². The first-order valence-corrected chi connectivity index (χ1v) is 12.1. The third kappa shape index (κ3) is 6.16. The number of aromatic nitrogens is 3. The summed E-state index contributed by atoms with van der Waals surface area (Å²) in [5.74, 6) is -1.39. The van der Waals surface area contributed by atoms with E-state index in [0.717, 1.165) is 17.3 Å². The van der Waals surface area contributed by atoms with Crippen molar-refractivity contribution in [3.63, 3.8) is 0 Å². The molecule has 1 saturated heterocycles. The molecule has 0 spiro atoms. The molecule has 3 aromatic rings. The molecule has 12 heteroatoms. The zero-order chi connectivity index (χ0) is 26.0. The van der Waals surface area contributed by atoms with Crippen LogP contribution >= 0.6 is 11.3 Å². The smallest absolute Gasteiger partial charge is 0.451 e. The first-order valence-electron chi connectivity index (χ1n) is 11.3. The summed E-state index contributed by atoms with van der Waals surface area (Å²) in [4.78, 5) is 27.1. The SMILES string of the molecule is Cc1cnc(-c2cc(OC3CCN(C)CC3F)cc(C(=O)NC(C)c3cnc(C(F)(F)F)nc3)c2)s1. The molecule has 1 amide bonds. The molecule has 1 aromatic carbocycles. The Morgan fingerprint density at radius 2 is 1.92 bits per heavy atom. The van der Waals surface area contributed by atoms with Crippen molar-refractivity contribution in [2.24, 2.45) is 0 Å². The number of halogens is 4. The number of ether oxygens (including phenoxy) is 1. The maximum atomic E-state index is 14.6. The fourth-order valence-electron chi connectivity index (χ4n) is 3.82. The molecule has 0 saturated carbocycles. The highest BCUT2D eigenvalue weighted by atomic mass is 32.1. The van der Waals surface area contributed by atoms with Crippen LogP contribution in [0.15, 0.2) is 36.8 Å². The molecule has 192 valence electrons. The van der Waals surface area contributed by atoms with E-state index in [1.807, 2.05) is 18.9 Å². The normalized spacial score (nSPS) is 19.6. The summed E-state index contributed by atoms with van der Waals surface area (Å²) >= 11 is 1.44. The zero-order valence-electron chi connectivity index (χ0n) is 19.8. The lowest BCUT2D eigenvalue weighted by Crippen LogP contribution is -2.45. The minimum atomic E-state index is -4.65. The molecular weight excluding hydrogens is 498 g/mol. The zero-order valence-corrected chi connectivity index (χ0v) is 20.7. The van der Waals surface area contributed by atoms with Crippen molar-refractivity contribution in [3.8, 4) is 16.3 Å². The first-order chi connectivity index (χ1) is 17.0. The predicted molar refractivity (Wildman–Crippen MR) is 127 cm³/mol. The molecule has 36 heavy (non-hydrogen) atoms. The Balaban J connectivity index is 1.57. The van der Waals surface area contributed by atoms with Gasteiger partial charge in [0.25, 0.3) is 5.91 Å². The van der Waals surface area contributed by atoms with Gasteiger partial charge in [-0.25, -0.2) is 19.3 Å². The van der Waals surface area contributed by atoms with Gasteiger partial charge in [-0.2, -0.15) is 13.2 Å². The minimum absolute atomic E-state index is 0.248. The highest BCUT2D eigenvalue weighted by molar-refractivity contribution is 7.14. The van der Waals surface area contributed by atoms with Crippen LogP contribution in [0, 0.1) is 6.92 Å². The number of carbonyl (C=O) groups is 1. The maximum Gasteiger partial charge on any atom is 0.451 e. The number of amides is 1. The van der Waals surface area contributed by atoms with Crippen LogP contribution in [0.2, 0.25) is 0 Å². The topological polar surface area (TPSA) is 80.2 Å². The van der Waals surface area contributed by atoms with Crippen molar-refractivity contribution in [1.29, 1.82) is 0 Å². The van der Waals surface area contributed by atoms with Gasteiger partial charge in [0.2, 0.25) is 5.82 Å². The van der Waals surface area contributed by atoms with Gasteiger partial charge in [0.15, 0.2) is 0 Å². The molecule has 0 radical (unpaired) electrons. The quantitative estimate of drug-likeness (QED) is 0.466. The van der Waals surface area contributed by atoms with Gasteiger partial charge in [0.1, 0.15) is 23.0 Å². The molecule has 7 nitrogen and oxygen atoms in total. The van der Waals surface area contributed by atoms with Crippen molar-refractivity contribution in [1.82, 2.24) is 25.2 Å². The van der Waals surface area contributed by atoms with Gasteiger partial charge in [0.05, 0.1) is 6.04 Å². The largest absolute Gasteiger partial charge is 0.487 e. The number of rotatable bonds is 6. The molecule has 3 atom stereocenters. The maximum absolute atomic E-state index is 14.6. The van der Waals surface area contributed by atoms with E-state index in [2.05, 4.69) is 20.3 Å². The molecule has 1 fully saturated rings. The number of aryl methyl sites for hydroxylation is 1. The van der Waals surface area contributed by atoms with E-state index < -0.39 is 36.2 Å². The molecule has 1 N–H and O–H groups in total. The van der Waals surface area contributed by atoms with Gasteiger partial charge in [-0.15, -0.1) is 11.3 Å². The van der Waals surface area contributed by atoms with Gasteiger partial charge in [-0.1, -0.05) is 0 Å². The third-order valence-corrected chi connectivity index (χ3v) is 6.74. The van der Waals surface area contributed by atoms with E-state index in [9.17, 15) is 22.4 Å². The van der Waals surface area contributed by atoms with Crippen molar-refractivity contribution in [2.75, 3.05) is 20.1 Å². The van der Waals surface area contributed by atoms with Crippen LogP contribution in [-0.2, 0) is 6.18 Å². The van der Waals surface area contributed by atoms with Gasteiger partial charge in [-0.3, -0.25) is 4.79 Å². The lowest BCUT2D eigenvalue weighted by Gasteiger charge is -2.32. The van der Waals surface area contributed by atoms with Crippen LogP contribution in [0.25, 0.3) is 10.6 Å². The second-order valence-corrected chi connectivity index (χ2v) is 10.0. The number of nitrogens with one attached hydrogen (secondary N) is 1. The number of piperidine rings is 1. The monoisotopic (exact) mass is 523 g/mol. The number of thiazole rings is 1. The van der Waals surface area contributed by atoms with E-state index in [1.165, 1.54) is 17.4 Å². The number of alkyl halides is 4. The Bertz CT molecular complexity index is 1220. The van der Waals surface area contributed by atoms with Crippen molar-refractivity contribution < 1.29 is 27.1 Å². The predicted octanol–water partition coefficient (Wildman–Crippen LogP) is 4.84. The minimum Gasteiger partial charge on any atom is -0.487 e. The second kappa shape index (κ2) is 10.5. The summed E-state index contributed by atoms with van der Waals surface area (Å²) in [7, 11) is 1.85. The summed E-state index contributed by atoms with van der Waals surface area (Å²) in [5.41, 5.74) is 1.20. The molecule has 4 rings (SSSR count). The highest BCUT2D eigenvalue weighted by Gasteiger charge is 2.34. The third-order valence-electron chi connectivity index (χ3n) is 5.78. The fourth-order valence-corrected chi connectivity index (χ4v) is 4.58. The Morgan fingerprint density at radius 3 is 2.53 bits per heavy atom. The first kappa shape index (κ1) is 26.0. The molecule has 3 heterocycles. The molecule has 3 unspecified atom stereocenters. The Labute approximate surface area is 209 Å². The Morgan fingerprint density at radius 1 is 1.19 bits per heavy atom. The van der Waals surface area contributed by atoms with Crippen LogP contribution in [0.3, 0.4) is 0 Å². The summed E-state index contributed by atoms with van der Waals surface area (Å²) in [6.07, 6.45) is -2.18. The van der Waals surface area contributed by atoms with Crippen molar-refractivity contribution >= 4 is 17.2 Å². The Hall–Kier alpha value is -3.12. The number of benzene rings is 1. The van der Waals surface area contributed by atoms with Gasteiger partial charge in [0, 0.05) is 53.2 Å². The summed E-state index contributed by atoms with van der Waals surface area (Å²) in [6.45, 7) is 4.48. The molecule has 0 aliphatic carbocycles. The van der Waals surface area contributed by atoms with E-state index in [-0.39, 0.29) is 12.1 Å². The molecule has 0 bridgehead atoms. The average molecular weight is 524 g/mol. The second-order valence-electron chi connectivity index (χ2n) is 8.78. The van der Waals surface area contributed by atoms with E-state index in [4.69, 9.17) is 4.74 Å². The number of nitrogens with zero attached hydrogens (tertiary/aromatic N) is 4. The van der Waals surface area contributed by atoms with Crippen LogP contribution in [-0.4, -0.2) is 58.2 Å². The standard InChI is InChI=1S/C24H25F4N5O2S/c1-13-9-29-22(36-13)16-6-15(7-18(8-16)35-20-4-5-33(3)12-19(20)25)21(34)32-14(2)17-10-30-23(31-11-17)24(26,27)28/h6-11,14,19-20H,4-5,12H2,1-3H3,(H,32,34). The fraction of sp³-hybridized carbons (Fsp3) is 0.417. The van der Waals surface area contributed by atoms with Crippen LogP contribution in [0.5, 0.6) is 5.75 Å². The summed E-state index contributed by atoms with van der Waals surface area (Å²) < 4.78 is 58.8. The molecule has 2 aromatic heterocycles. The summed E-state index contributed by atoms with van der Waals surface area (Å²) in [6, 6.07) is 4.24. The average Bonchev–Trinajstić information content (AvgIpc) is 3.26. The van der Waals surface area contributed by atoms with E-state index >= 15 is 0 Å². The lowest BCUT2D eigenvalue weighted by atomic mass is 10.1. The molecule has 1 aliphatic heterocycles. The number of hydrogen-bond donors (Lipinski definition) is 1. The van der Waals surface area contributed by atoms with Gasteiger partial charge < -0.3 is 15.0 Å². The summed E-state index contributed by atoms with van der Waals surface area (Å²) in [5, 5.41) is 3.42. The Kier molecular flexibility index (Phi) is 7.55. The van der Waals surface area contributed by atoms with Crippen LogP contribution in [0.1, 0.15) is 46.0 Å². The van der Waals surface area contributed by atoms with E-state index in [0.29, 0.717) is 34.8 Å². The lowest BCUT2D eigenvalue weighted by molar-refractivity contribution is -0.145.